The normalized spacial score (nSPS) is 14.5. The Morgan fingerprint density at radius 3 is 2.42 bits per heavy atom. The molecule has 0 spiro atoms. The van der Waals surface area contributed by atoms with E-state index in [1.807, 2.05) is 0 Å². The van der Waals surface area contributed by atoms with E-state index in [0.29, 0.717) is 0 Å². The van der Waals surface area contributed by atoms with Crippen molar-refractivity contribution in [3.63, 3.8) is 0 Å². The lowest BCUT2D eigenvalue weighted by molar-refractivity contribution is -0.121. The maximum absolute atomic E-state index is 12.5. The zero-order valence-corrected chi connectivity index (χ0v) is 15.3. The van der Waals surface area contributed by atoms with E-state index in [1.165, 1.54) is 44.2 Å². The van der Waals surface area contributed by atoms with Gasteiger partial charge in [-0.25, -0.2) is 12.7 Å². The quantitative estimate of drug-likeness (QED) is 0.804. The van der Waals surface area contributed by atoms with Gasteiger partial charge in [0.25, 0.3) is 5.91 Å². The first-order chi connectivity index (χ1) is 11.1. The van der Waals surface area contributed by atoms with Gasteiger partial charge in [-0.2, -0.15) is 0 Å². The largest absolute Gasteiger partial charge is 0.352 e. The molecule has 0 saturated heterocycles. The van der Waals surface area contributed by atoms with Crippen LogP contribution < -0.4 is 5.32 Å². The predicted octanol–water partition coefficient (Wildman–Crippen LogP) is 0.941. The molecule has 0 heterocycles. The van der Waals surface area contributed by atoms with Gasteiger partial charge >= 0.3 is 0 Å². The molecule has 2 amide bonds. The second kappa shape index (κ2) is 7.08. The summed E-state index contributed by atoms with van der Waals surface area (Å²) in [7, 11) is 0.594. The highest BCUT2D eigenvalue weighted by Gasteiger charge is 2.26. The smallest absolute Gasteiger partial charge is 0.255 e. The number of amides is 2. The minimum Gasteiger partial charge on any atom is -0.352 e. The van der Waals surface area contributed by atoms with E-state index in [2.05, 4.69) is 5.32 Å². The van der Waals surface area contributed by atoms with Crippen LogP contribution in [0.2, 0.25) is 5.02 Å². The summed E-state index contributed by atoms with van der Waals surface area (Å²) in [5, 5.41) is 2.92. The summed E-state index contributed by atoms with van der Waals surface area (Å²) in [6.45, 7) is -0.115. The average Bonchev–Trinajstić information content (AvgIpc) is 3.30. The van der Waals surface area contributed by atoms with Gasteiger partial charge in [-0.15, -0.1) is 0 Å². The molecule has 9 heteroatoms. The van der Waals surface area contributed by atoms with E-state index in [1.54, 1.807) is 0 Å². The number of nitrogens with zero attached hydrogens (tertiary/aromatic N) is 2. The van der Waals surface area contributed by atoms with Gasteiger partial charge in [0.1, 0.15) is 0 Å². The molecule has 7 nitrogen and oxygen atoms in total. The van der Waals surface area contributed by atoms with Crippen molar-refractivity contribution in [1.82, 2.24) is 14.5 Å². The lowest BCUT2D eigenvalue weighted by Gasteiger charge is -2.18. The fourth-order valence-corrected chi connectivity index (χ4v) is 3.16. The monoisotopic (exact) mass is 373 g/mol. The fourth-order valence-electron chi connectivity index (χ4n) is 2.03. The molecule has 0 atom stereocenters. The van der Waals surface area contributed by atoms with Crippen LogP contribution in [-0.4, -0.2) is 63.2 Å². The number of carbonyl (C=O) groups excluding carboxylic acids is 2. The molecule has 1 saturated carbocycles. The Morgan fingerprint density at radius 2 is 1.88 bits per heavy atom. The number of benzene rings is 1. The maximum Gasteiger partial charge on any atom is 0.255 e. The number of hydrogen-bond acceptors (Lipinski definition) is 4. The first-order valence-corrected chi connectivity index (χ1v) is 9.21. The minimum absolute atomic E-state index is 0.0314. The van der Waals surface area contributed by atoms with Crippen LogP contribution in [-0.2, 0) is 14.8 Å². The summed E-state index contributed by atoms with van der Waals surface area (Å²) in [4.78, 5) is 25.5. The third-order valence-electron chi connectivity index (χ3n) is 3.62. The standard InChI is InChI=1S/C15H20ClN3O4S/c1-18(2)24(22,23)11-6-7-13(16)12(8-11)15(21)19(3)9-14(20)17-10-4-5-10/h6-8,10H,4-5,9H2,1-3H3,(H,17,20). The van der Waals surface area contributed by atoms with Crippen LogP contribution in [0.3, 0.4) is 0 Å². The van der Waals surface area contributed by atoms with Gasteiger partial charge < -0.3 is 10.2 Å². The molecule has 1 aromatic carbocycles. The Kier molecular flexibility index (Phi) is 5.52. The Labute approximate surface area is 146 Å². The van der Waals surface area contributed by atoms with Gasteiger partial charge in [0.2, 0.25) is 15.9 Å². The van der Waals surface area contributed by atoms with Gasteiger partial charge in [0, 0.05) is 27.2 Å². The molecule has 0 bridgehead atoms. The number of rotatable bonds is 6. The van der Waals surface area contributed by atoms with Crippen molar-refractivity contribution in [3.8, 4) is 0 Å². The first-order valence-electron chi connectivity index (χ1n) is 7.40. The fraction of sp³-hybridized carbons (Fsp3) is 0.467. The highest BCUT2D eigenvalue weighted by Crippen LogP contribution is 2.23. The van der Waals surface area contributed by atoms with Crippen molar-refractivity contribution < 1.29 is 18.0 Å². The Morgan fingerprint density at radius 1 is 1.25 bits per heavy atom. The van der Waals surface area contributed by atoms with E-state index in [0.717, 1.165) is 17.1 Å². The van der Waals surface area contributed by atoms with Crippen molar-refractivity contribution in [2.24, 2.45) is 0 Å². The lowest BCUT2D eigenvalue weighted by atomic mass is 10.2. The SMILES string of the molecule is CN(CC(=O)NC1CC1)C(=O)c1cc(S(=O)(=O)N(C)C)ccc1Cl. The predicted molar refractivity (Wildman–Crippen MR) is 90.5 cm³/mol. The number of hydrogen-bond donors (Lipinski definition) is 1. The van der Waals surface area contributed by atoms with Crippen LogP contribution in [0.5, 0.6) is 0 Å². The molecule has 1 fully saturated rings. The van der Waals surface area contributed by atoms with Gasteiger partial charge in [-0.1, -0.05) is 11.6 Å². The van der Waals surface area contributed by atoms with E-state index in [4.69, 9.17) is 11.6 Å². The van der Waals surface area contributed by atoms with E-state index in [-0.39, 0.29) is 34.0 Å². The summed E-state index contributed by atoms with van der Waals surface area (Å²) in [6, 6.07) is 4.14. The van der Waals surface area contributed by atoms with E-state index < -0.39 is 15.9 Å². The Balaban J connectivity index is 2.20. The van der Waals surface area contributed by atoms with Crippen molar-refractivity contribution >= 4 is 33.4 Å². The van der Waals surface area contributed by atoms with Gasteiger partial charge in [0.15, 0.2) is 0 Å². The molecule has 1 aliphatic carbocycles. The minimum atomic E-state index is -3.68. The third-order valence-corrected chi connectivity index (χ3v) is 5.76. The van der Waals surface area contributed by atoms with Crippen LogP contribution in [0.4, 0.5) is 0 Å². The number of likely N-dealkylation sites (N-methyl/N-ethyl adjacent to an activating group) is 1. The Hall–Kier alpha value is -1.64. The highest BCUT2D eigenvalue weighted by atomic mass is 35.5. The molecule has 0 unspecified atom stereocenters. The van der Waals surface area contributed by atoms with Crippen LogP contribution in [0.15, 0.2) is 23.1 Å². The molecular formula is C15H20ClN3O4S. The summed E-state index contributed by atoms with van der Waals surface area (Å²) in [6.07, 6.45) is 1.92. The molecule has 24 heavy (non-hydrogen) atoms. The van der Waals surface area contributed by atoms with Crippen LogP contribution >= 0.6 is 11.6 Å². The molecule has 0 aromatic heterocycles. The summed E-state index contributed by atoms with van der Waals surface area (Å²) in [5.74, 6) is -0.761. The van der Waals surface area contributed by atoms with Gasteiger partial charge in [0.05, 0.1) is 22.0 Å². The molecule has 1 N–H and O–H groups in total. The summed E-state index contributed by atoms with van der Waals surface area (Å²) >= 11 is 6.04. The lowest BCUT2D eigenvalue weighted by Crippen LogP contribution is -2.39. The second-order valence-corrected chi connectivity index (χ2v) is 8.49. The third kappa shape index (κ3) is 4.25. The number of carbonyl (C=O) groups is 2. The van der Waals surface area contributed by atoms with Crippen LogP contribution in [0.25, 0.3) is 0 Å². The van der Waals surface area contributed by atoms with Crippen molar-refractivity contribution in [3.05, 3.63) is 28.8 Å². The second-order valence-electron chi connectivity index (χ2n) is 5.93. The van der Waals surface area contributed by atoms with Crippen molar-refractivity contribution in [2.45, 2.75) is 23.8 Å². The Bertz CT molecular complexity index is 760. The summed E-state index contributed by atoms with van der Waals surface area (Å²) < 4.78 is 25.4. The summed E-state index contributed by atoms with van der Waals surface area (Å²) in [5.41, 5.74) is 0.0429. The molecule has 1 aliphatic rings. The van der Waals surface area contributed by atoms with Crippen molar-refractivity contribution in [1.29, 1.82) is 0 Å². The maximum atomic E-state index is 12.5. The first kappa shape index (κ1) is 18.7. The number of halogens is 1. The van der Waals surface area contributed by atoms with E-state index in [9.17, 15) is 18.0 Å². The van der Waals surface area contributed by atoms with Crippen LogP contribution in [0.1, 0.15) is 23.2 Å². The molecular weight excluding hydrogens is 354 g/mol. The van der Waals surface area contributed by atoms with Gasteiger partial charge in [-0.3, -0.25) is 9.59 Å². The highest BCUT2D eigenvalue weighted by molar-refractivity contribution is 7.89. The number of nitrogens with one attached hydrogen (secondary N) is 1. The zero-order chi connectivity index (χ0) is 18.1. The topological polar surface area (TPSA) is 86.8 Å². The van der Waals surface area contributed by atoms with Gasteiger partial charge in [-0.05, 0) is 31.0 Å². The molecule has 2 rings (SSSR count). The molecule has 1 aromatic rings. The zero-order valence-electron chi connectivity index (χ0n) is 13.7. The molecule has 132 valence electrons. The van der Waals surface area contributed by atoms with Crippen molar-refractivity contribution in [2.75, 3.05) is 27.7 Å². The number of sulfonamides is 1. The molecule has 0 radical (unpaired) electrons. The molecule has 0 aliphatic heterocycles. The van der Waals surface area contributed by atoms with Crippen LogP contribution in [0, 0.1) is 0 Å². The van der Waals surface area contributed by atoms with E-state index >= 15 is 0 Å². The average molecular weight is 374 g/mol.